The second-order valence-electron chi connectivity index (χ2n) is 7.96. The molecule has 0 bridgehead atoms. The number of carbonyl (C=O) groups is 3. The number of pyridine rings is 3. The minimum atomic E-state index is -5.08. The summed E-state index contributed by atoms with van der Waals surface area (Å²) in [6.07, 6.45) is -0.732. The largest absolute Gasteiger partial charge is 0.490 e. The SMILES string of the molecule is O=C(O)C(F)(F)F.O=C(O)C(F)(F)F.O=C(O)c1c(-c2cccnc2)ncc2c1CCN(Cc1cccnc1)C2. The van der Waals surface area contributed by atoms with Crippen molar-refractivity contribution in [2.45, 2.75) is 31.9 Å². The van der Waals surface area contributed by atoms with Crippen LogP contribution < -0.4 is 0 Å². The van der Waals surface area contributed by atoms with Crippen molar-refractivity contribution in [3.05, 3.63) is 77.5 Å². The molecule has 4 rings (SSSR count). The molecule has 1 aliphatic rings. The van der Waals surface area contributed by atoms with Crippen LogP contribution in [-0.2, 0) is 29.1 Å². The molecule has 1 aliphatic heterocycles. The van der Waals surface area contributed by atoms with Crippen LogP contribution in [0.2, 0.25) is 0 Å². The third-order valence-electron chi connectivity index (χ3n) is 5.11. The van der Waals surface area contributed by atoms with E-state index in [-0.39, 0.29) is 0 Å². The minimum Gasteiger partial charge on any atom is -0.478 e. The van der Waals surface area contributed by atoms with E-state index in [0.717, 1.165) is 35.3 Å². The maximum absolute atomic E-state index is 12.0. The molecule has 10 nitrogen and oxygen atoms in total. The van der Waals surface area contributed by atoms with E-state index < -0.39 is 30.3 Å². The monoisotopic (exact) mass is 574 g/mol. The summed E-state index contributed by atoms with van der Waals surface area (Å²) in [5, 5.41) is 24.1. The van der Waals surface area contributed by atoms with Gasteiger partial charge in [0.05, 0.1) is 11.3 Å². The fraction of sp³-hybridized carbons (Fsp3) is 0.250. The normalized spacial score (nSPS) is 13.1. The minimum absolute atomic E-state index is 0.302. The Morgan fingerprint density at radius 2 is 1.40 bits per heavy atom. The van der Waals surface area contributed by atoms with Gasteiger partial charge in [-0.15, -0.1) is 0 Å². The lowest BCUT2D eigenvalue weighted by molar-refractivity contribution is -0.193. The van der Waals surface area contributed by atoms with Crippen LogP contribution in [-0.4, -0.2) is 72.0 Å². The van der Waals surface area contributed by atoms with E-state index >= 15 is 0 Å². The Bertz CT molecular complexity index is 1300. The molecule has 0 aromatic carbocycles. The molecule has 3 N–H and O–H groups in total. The molecule has 40 heavy (non-hydrogen) atoms. The molecule has 0 unspecified atom stereocenters. The third kappa shape index (κ3) is 9.30. The van der Waals surface area contributed by atoms with Crippen molar-refractivity contribution >= 4 is 17.9 Å². The van der Waals surface area contributed by atoms with Gasteiger partial charge in [0.25, 0.3) is 0 Å². The number of aliphatic carboxylic acids is 2. The van der Waals surface area contributed by atoms with Gasteiger partial charge in [-0.05, 0) is 41.3 Å². The Labute approximate surface area is 221 Å². The van der Waals surface area contributed by atoms with Crippen LogP contribution in [0.5, 0.6) is 0 Å². The Morgan fingerprint density at radius 3 is 1.85 bits per heavy atom. The van der Waals surface area contributed by atoms with E-state index in [1.807, 2.05) is 18.3 Å². The Hall–Kier alpha value is -4.60. The van der Waals surface area contributed by atoms with Crippen LogP contribution >= 0.6 is 0 Å². The summed E-state index contributed by atoms with van der Waals surface area (Å²) in [6, 6.07) is 7.61. The number of carboxylic acids is 3. The number of hydrogen-bond donors (Lipinski definition) is 3. The van der Waals surface area contributed by atoms with Crippen molar-refractivity contribution in [1.29, 1.82) is 0 Å². The van der Waals surface area contributed by atoms with Crippen LogP contribution in [0.25, 0.3) is 11.3 Å². The highest BCUT2D eigenvalue weighted by atomic mass is 19.4. The van der Waals surface area contributed by atoms with Gasteiger partial charge in [-0.2, -0.15) is 26.3 Å². The first-order chi connectivity index (χ1) is 18.6. The number of fused-ring (bicyclic) bond motifs is 1. The fourth-order valence-corrected chi connectivity index (χ4v) is 3.44. The van der Waals surface area contributed by atoms with Crippen molar-refractivity contribution in [3.8, 4) is 11.3 Å². The lowest BCUT2D eigenvalue weighted by Crippen LogP contribution is -2.31. The second kappa shape index (κ2) is 13.5. The van der Waals surface area contributed by atoms with Gasteiger partial charge < -0.3 is 15.3 Å². The summed E-state index contributed by atoms with van der Waals surface area (Å²) < 4.78 is 63.5. The van der Waals surface area contributed by atoms with Crippen molar-refractivity contribution in [1.82, 2.24) is 19.9 Å². The van der Waals surface area contributed by atoms with Gasteiger partial charge >= 0.3 is 30.3 Å². The number of aromatic carboxylic acids is 1. The Morgan fingerprint density at radius 1 is 0.850 bits per heavy atom. The molecular formula is C24H20F6N4O6. The lowest BCUT2D eigenvalue weighted by atomic mass is 9.93. The molecule has 0 saturated carbocycles. The average molecular weight is 574 g/mol. The van der Waals surface area contributed by atoms with Gasteiger partial charge in [-0.25, -0.2) is 14.4 Å². The van der Waals surface area contributed by atoms with E-state index in [1.54, 1.807) is 30.9 Å². The number of rotatable bonds is 4. The van der Waals surface area contributed by atoms with Crippen LogP contribution in [0.3, 0.4) is 0 Å². The van der Waals surface area contributed by atoms with E-state index in [2.05, 4.69) is 25.9 Å². The highest BCUT2D eigenvalue weighted by Gasteiger charge is 2.38. The van der Waals surface area contributed by atoms with Gasteiger partial charge in [0.2, 0.25) is 0 Å². The predicted molar refractivity (Wildman–Crippen MR) is 124 cm³/mol. The van der Waals surface area contributed by atoms with E-state index in [0.29, 0.717) is 24.2 Å². The topological polar surface area (TPSA) is 154 Å². The molecule has 3 aromatic heterocycles. The number of aromatic nitrogens is 3. The van der Waals surface area contributed by atoms with Gasteiger partial charge in [-0.1, -0.05) is 6.07 Å². The molecule has 16 heteroatoms. The maximum atomic E-state index is 12.0. The zero-order valence-electron chi connectivity index (χ0n) is 20.1. The van der Waals surface area contributed by atoms with Crippen molar-refractivity contribution < 1.29 is 56.0 Å². The molecule has 0 aliphatic carbocycles. The van der Waals surface area contributed by atoms with Gasteiger partial charge in [0.15, 0.2) is 0 Å². The fourth-order valence-electron chi connectivity index (χ4n) is 3.44. The standard InChI is InChI=1S/C20H18N4O2.2C2HF3O2/c25-20(26)18-17-5-8-24(12-14-3-1-6-21-9-14)13-16(17)11-23-19(18)15-4-2-7-22-10-15;2*3-2(4,5)1(6)7/h1-4,6-7,9-11H,5,8,12-13H2,(H,25,26);2*(H,6,7). The van der Waals surface area contributed by atoms with Crippen LogP contribution in [0, 0.1) is 0 Å². The molecule has 0 radical (unpaired) electrons. The summed E-state index contributed by atoms with van der Waals surface area (Å²) in [4.78, 5) is 44.7. The molecule has 0 saturated heterocycles. The van der Waals surface area contributed by atoms with Crippen molar-refractivity contribution in [2.75, 3.05) is 6.54 Å². The van der Waals surface area contributed by atoms with E-state index in [1.165, 1.54) is 0 Å². The maximum Gasteiger partial charge on any atom is 0.490 e. The first kappa shape index (κ1) is 31.6. The van der Waals surface area contributed by atoms with Crippen LogP contribution in [0.15, 0.2) is 55.2 Å². The smallest absolute Gasteiger partial charge is 0.478 e. The Kier molecular flexibility index (Phi) is 10.6. The molecule has 4 heterocycles. The third-order valence-corrected chi connectivity index (χ3v) is 5.11. The van der Waals surface area contributed by atoms with Crippen LogP contribution in [0.1, 0.15) is 27.0 Å². The second-order valence-corrected chi connectivity index (χ2v) is 7.96. The summed E-state index contributed by atoms with van der Waals surface area (Å²) in [6.45, 7) is 2.28. The number of nitrogens with zero attached hydrogens (tertiary/aromatic N) is 4. The lowest BCUT2D eigenvalue weighted by Gasteiger charge is -2.29. The first-order valence-electron chi connectivity index (χ1n) is 11.0. The molecule has 214 valence electrons. The van der Waals surface area contributed by atoms with Gasteiger partial charge in [0, 0.05) is 56.2 Å². The molecule has 0 spiro atoms. The zero-order valence-corrected chi connectivity index (χ0v) is 20.1. The average Bonchev–Trinajstić information content (AvgIpc) is 2.88. The van der Waals surface area contributed by atoms with Crippen LogP contribution in [0.4, 0.5) is 26.3 Å². The molecule has 0 fully saturated rings. The highest BCUT2D eigenvalue weighted by Crippen LogP contribution is 2.30. The summed E-state index contributed by atoms with van der Waals surface area (Å²) in [5.41, 5.74) is 4.53. The van der Waals surface area contributed by atoms with Crippen molar-refractivity contribution in [2.24, 2.45) is 0 Å². The number of hydrogen-bond acceptors (Lipinski definition) is 7. The molecule has 3 aromatic rings. The quantitative estimate of drug-likeness (QED) is 0.389. The van der Waals surface area contributed by atoms with Crippen molar-refractivity contribution in [3.63, 3.8) is 0 Å². The van der Waals surface area contributed by atoms with Gasteiger partial charge in [-0.3, -0.25) is 19.9 Å². The molecule has 0 amide bonds. The van der Waals surface area contributed by atoms with E-state index in [9.17, 15) is 36.2 Å². The summed E-state index contributed by atoms with van der Waals surface area (Å²) >= 11 is 0. The van der Waals surface area contributed by atoms with Gasteiger partial charge in [0.1, 0.15) is 0 Å². The van der Waals surface area contributed by atoms with E-state index in [4.69, 9.17) is 19.8 Å². The number of alkyl halides is 6. The number of halogens is 6. The molecule has 0 atom stereocenters. The number of carboxylic acid groups (broad SMARTS) is 3. The summed E-state index contributed by atoms with van der Waals surface area (Å²) in [5.74, 6) is -6.45. The Balaban J connectivity index is 0.000000333. The predicted octanol–water partition coefficient (Wildman–Crippen LogP) is 4.06. The zero-order chi connectivity index (χ0) is 30.1. The first-order valence-corrected chi connectivity index (χ1v) is 11.0. The molecular weight excluding hydrogens is 554 g/mol. The summed E-state index contributed by atoms with van der Waals surface area (Å²) in [7, 11) is 0. The highest BCUT2D eigenvalue weighted by molar-refractivity contribution is 5.96.